The monoisotopic (exact) mass is 593 g/mol. The molecule has 0 aliphatic rings. The van der Waals surface area contributed by atoms with Crippen molar-refractivity contribution in [3.63, 3.8) is 0 Å². The number of carboxylic acid groups (broad SMARTS) is 1. The highest BCUT2D eigenvalue weighted by Gasteiger charge is 2.39. The molecule has 0 spiro atoms. The number of aryl methyl sites for hydroxylation is 3. The Morgan fingerprint density at radius 1 is 1.08 bits per heavy atom. The lowest BCUT2D eigenvalue weighted by atomic mass is 10.1. The number of aromatic nitrogens is 1. The number of rotatable bonds is 8. The van der Waals surface area contributed by atoms with E-state index in [0.29, 0.717) is 38.1 Å². The minimum Gasteiger partial charge on any atom is -0.494 e. The van der Waals surface area contributed by atoms with Gasteiger partial charge in [-0.3, -0.25) is 0 Å². The number of benzene rings is 3. The zero-order valence-electron chi connectivity index (χ0n) is 20.1. The lowest BCUT2D eigenvalue weighted by molar-refractivity contribution is -0.143. The maximum absolute atomic E-state index is 14.5. The minimum absolute atomic E-state index is 0.0618. The van der Waals surface area contributed by atoms with Crippen LogP contribution in [-0.2, 0) is 19.1 Å². The van der Waals surface area contributed by atoms with Crippen LogP contribution in [0, 0.1) is 13.8 Å². The zero-order valence-corrected chi connectivity index (χ0v) is 22.5. The van der Waals surface area contributed by atoms with E-state index >= 15 is 0 Å². The van der Waals surface area contributed by atoms with Crippen LogP contribution in [0.2, 0.25) is 5.02 Å². The van der Waals surface area contributed by atoms with Gasteiger partial charge in [0, 0.05) is 21.4 Å². The third kappa shape index (κ3) is 5.80. The Kier molecular flexibility index (Phi) is 7.90. The number of carbonyl (C=O) groups is 1. The number of carboxylic acids is 1. The molecule has 1 heterocycles. The molecule has 1 aromatic heterocycles. The summed E-state index contributed by atoms with van der Waals surface area (Å²) in [5.41, 5.74) is 2.32. The Labute approximate surface area is 225 Å². The molecule has 0 aliphatic carbocycles. The molecular weight excluding hydrogens is 571 g/mol. The van der Waals surface area contributed by atoms with Gasteiger partial charge >= 0.3 is 12.1 Å². The summed E-state index contributed by atoms with van der Waals surface area (Å²) in [7, 11) is 0. The van der Waals surface area contributed by atoms with Crippen LogP contribution in [0.3, 0.4) is 0 Å². The molecule has 0 unspecified atom stereocenters. The van der Waals surface area contributed by atoms with Gasteiger partial charge in [0.05, 0.1) is 17.7 Å². The van der Waals surface area contributed by atoms with Gasteiger partial charge < -0.3 is 14.4 Å². The first-order chi connectivity index (χ1) is 17.5. The Morgan fingerprint density at radius 2 is 1.73 bits per heavy atom. The van der Waals surface area contributed by atoms with Crippen LogP contribution >= 0.6 is 27.5 Å². The van der Waals surface area contributed by atoms with Gasteiger partial charge in [-0.1, -0.05) is 35.9 Å². The molecule has 0 atom stereocenters. The highest BCUT2D eigenvalue weighted by Crippen LogP contribution is 2.41. The Bertz CT molecular complexity index is 1440. The summed E-state index contributed by atoms with van der Waals surface area (Å²) in [5, 5.41) is 10.3. The molecule has 4 nitrogen and oxygen atoms in total. The normalized spacial score (nSPS) is 11.8. The molecule has 3 aromatic carbocycles. The van der Waals surface area contributed by atoms with Crippen molar-refractivity contribution in [2.24, 2.45) is 0 Å². The summed E-state index contributed by atoms with van der Waals surface area (Å²) >= 11 is 9.64. The third-order valence-corrected chi connectivity index (χ3v) is 7.43. The van der Waals surface area contributed by atoms with Crippen molar-refractivity contribution in [1.29, 1.82) is 0 Å². The van der Waals surface area contributed by atoms with E-state index in [9.17, 15) is 18.0 Å². The van der Waals surface area contributed by atoms with Gasteiger partial charge in [-0.05, 0) is 95.2 Å². The van der Waals surface area contributed by atoms with E-state index in [1.807, 2.05) is 26.0 Å². The first-order valence-electron chi connectivity index (χ1n) is 11.6. The predicted octanol–water partition coefficient (Wildman–Crippen LogP) is 8.45. The van der Waals surface area contributed by atoms with Crippen LogP contribution in [-0.4, -0.2) is 22.2 Å². The smallest absolute Gasteiger partial charge is 0.431 e. The maximum Gasteiger partial charge on any atom is 0.431 e. The van der Waals surface area contributed by atoms with Gasteiger partial charge in [-0.25, -0.2) is 4.79 Å². The van der Waals surface area contributed by atoms with Crippen molar-refractivity contribution in [3.05, 3.63) is 97.6 Å². The summed E-state index contributed by atoms with van der Waals surface area (Å²) < 4.78 is 51.1. The highest BCUT2D eigenvalue weighted by molar-refractivity contribution is 9.10. The van der Waals surface area contributed by atoms with E-state index in [4.69, 9.17) is 21.4 Å². The molecule has 0 fully saturated rings. The van der Waals surface area contributed by atoms with E-state index < -0.39 is 17.8 Å². The first-order valence-corrected chi connectivity index (χ1v) is 12.7. The number of ether oxygens (including phenoxy) is 1. The Morgan fingerprint density at radius 3 is 2.32 bits per heavy atom. The van der Waals surface area contributed by atoms with Crippen LogP contribution in [0.1, 0.15) is 44.7 Å². The predicted molar refractivity (Wildman–Crippen MR) is 142 cm³/mol. The van der Waals surface area contributed by atoms with E-state index in [1.54, 1.807) is 18.2 Å². The van der Waals surface area contributed by atoms with E-state index in [-0.39, 0.29) is 30.7 Å². The molecule has 0 saturated carbocycles. The molecule has 4 rings (SSSR count). The molecular formula is C28H24BrClF3NO3. The largest absolute Gasteiger partial charge is 0.494 e. The van der Waals surface area contributed by atoms with Crippen LogP contribution in [0.25, 0.3) is 10.9 Å². The number of aromatic carboxylic acids is 1. The van der Waals surface area contributed by atoms with Crippen molar-refractivity contribution < 1.29 is 27.8 Å². The maximum atomic E-state index is 14.5. The average Bonchev–Trinajstić information content (AvgIpc) is 3.15. The Balaban J connectivity index is 1.66. The SMILES string of the molecule is Cc1cc(OCCCc2c(C(F)(F)F)n(Cc3ccc(C(=O)O)cc3)c3c(Br)cccc23)cc(C)c1Cl. The number of fused-ring (bicyclic) bond motifs is 1. The van der Waals surface area contributed by atoms with E-state index in [1.165, 1.54) is 28.8 Å². The van der Waals surface area contributed by atoms with Crippen LogP contribution in [0.5, 0.6) is 5.75 Å². The number of hydrogen-bond acceptors (Lipinski definition) is 2. The molecule has 0 aliphatic heterocycles. The summed E-state index contributed by atoms with van der Waals surface area (Å²) in [6, 6.07) is 14.6. The topological polar surface area (TPSA) is 51.5 Å². The first kappa shape index (κ1) is 27.1. The molecule has 194 valence electrons. The highest BCUT2D eigenvalue weighted by atomic mass is 79.9. The second kappa shape index (κ2) is 10.8. The molecule has 37 heavy (non-hydrogen) atoms. The quantitative estimate of drug-likeness (QED) is 0.208. The van der Waals surface area contributed by atoms with Gasteiger partial charge in [0.1, 0.15) is 11.4 Å². The number of hydrogen-bond donors (Lipinski definition) is 1. The lowest BCUT2D eigenvalue weighted by Gasteiger charge is -2.16. The second-order valence-corrected chi connectivity index (χ2v) is 10.1. The third-order valence-electron chi connectivity index (χ3n) is 6.20. The lowest BCUT2D eigenvalue weighted by Crippen LogP contribution is -2.17. The molecule has 0 amide bonds. The van der Waals surface area contributed by atoms with Crippen LogP contribution < -0.4 is 4.74 Å². The second-order valence-electron chi connectivity index (χ2n) is 8.87. The summed E-state index contributed by atoms with van der Waals surface area (Å²) in [4.78, 5) is 11.2. The van der Waals surface area contributed by atoms with Crippen molar-refractivity contribution in [2.45, 2.75) is 39.4 Å². The summed E-state index contributed by atoms with van der Waals surface area (Å²) in [6.45, 7) is 3.93. The molecule has 0 saturated heterocycles. The van der Waals surface area contributed by atoms with E-state index in [2.05, 4.69) is 15.9 Å². The molecule has 0 radical (unpaired) electrons. The molecule has 4 aromatic rings. The van der Waals surface area contributed by atoms with Crippen molar-refractivity contribution in [2.75, 3.05) is 6.61 Å². The zero-order chi connectivity index (χ0) is 26.9. The summed E-state index contributed by atoms with van der Waals surface area (Å²) in [5.74, 6) is -0.462. The molecule has 9 heteroatoms. The number of nitrogens with zero attached hydrogens (tertiary/aromatic N) is 1. The summed E-state index contributed by atoms with van der Waals surface area (Å²) in [6.07, 6.45) is -4.05. The number of para-hydroxylation sites is 1. The van der Waals surface area contributed by atoms with Gasteiger partial charge in [0.2, 0.25) is 0 Å². The number of alkyl halides is 3. The number of halogens is 5. The van der Waals surface area contributed by atoms with Gasteiger partial charge in [0.25, 0.3) is 0 Å². The van der Waals surface area contributed by atoms with E-state index in [0.717, 1.165) is 11.1 Å². The van der Waals surface area contributed by atoms with Gasteiger partial charge in [-0.15, -0.1) is 0 Å². The standard InChI is InChI=1S/C28H24BrClF3NO3/c1-16-13-20(14-17(2)24(16)30)37-12-4-6-22-21-5-3-7-23(29)25(21)34(26(22)28(31,32)33)15-18-8-10-19(11-9-18)27(35)36/h3,5,7-11,13-14H,4,6,12,15H2,1-2H3,(H,35,36). The van der Waals surface area contributed by atoms with Crippen molar-refractivity contribution in [3.8, 4) is 5.75 Å². The van der Waals surface area contributed by atoms with Gasteiger partial charge in [0.15, 0.2) is 0 Å². The van der Waals surface area contributed by atoms with Crippen molar-refractivity contribution in [1.82, 2.24) is 4.57 Å². The van der Waals surface area contributed by atoms with Crippen LogP contribution in [0.15, 0.2) is 59.1 Å². The fourth-order valence-electron chi connectivity index (χ4n) is 4.53. The average molecular weight is 595 g/mol. The van der Waals surface area contributed by atoms with Crippen molar-refractivity contribution >= 4 is 44.4 Å². The minimum atomic E-state index is -4.60. The fourth-order valence-corrected chi connectivity index (χ4v) is 5.22. The van der Waals surface area contributed by atoms with Crippen LogP contribution in [0.4, 0.5) is 13.2 Å². The molecule has 1 N–H and O–H groups in total. The van der Waals surface area contributed by atoms with Gasteiger partial charge in [-0.2, -0.15) is 13.2 Å². The Hall–Kier alpha value is -2.97. The molecule has 0 bridgehead atoms. The fraction of sp³-hybridized carbons (Fsp3) is 0.250.